The predicted octanol–water partition coefficient (Wildman–Crippen LogP) is 6.70. The van der Waals surface area contributed by atoms with E-state index in [9.17, 15) is 19.8 Å². The van der Waals surface area contributed by atoms with Crippen LogP contribution < -0.4 is 20.7 Å². The van der Waals surface area contributed by atoms with Crippen molar-refractivity contribution in [2.24, 2.45) is 0 Å². The van der Waals surface area contributed by atoms with Crippen LogP contribution >= 0.6 is 0 Å². The Morgan fingerprint density at radius 2 is 0.795 bits per heavy atom. The fourth-order valence-corrected chi connectivity index (χ4v) is 12.1. The number of hydrogen-bond donors (Lipinski definition) is 2. The molecule has 44 heavy (non-hydrogen) atoms. The molecule has 0 aromatic heterocycles. The molecule has 0 saturated heterocycles. The van der Waals surface area contributed by atoms with Gasteiger partial charge in [-0.05, 0) is 31.9 Å². The predicted molar refractivity (Wildman–Crippen MR) is 187 cm³/mol. The van der Waals surface area contributed by atoms with Gasteiger partial charge in [-0.2, -0.15) is 0 Å². The Labute approximate surface area is 259 Å². The molecule has 0 spiro atoms. The molecule has 0 saturated carbocycles. The van der Waals surface area contributed by atoms with Crippen LogP contribution in [0.15, 0.2) is 121 Å². The third-order valence-electron chi connectivity index (χ3n) is 9.11. The number of rotatable bonds is 7. The van der Waals surface area contributed by atoms with Crippen LogP contribution in [-0.2, 0) is 0 Å². The van der Waals surface area contributed by atoms with Crippen molar-refractivity contribution in [3.05, 3.63) is 132 Å². The van der Waals surface area contributed by atoms with Gasteiger partial charge in [-0.15, -0.1) is 0 Å². The molecule has 0 bridgehead atoms. The highest BCUT2D eigenvalue weighted by Gasteiger charge is 2.37. The minimum Gasteiger partial charge on any atom is -0.478 e. The van der Waals surface area contributed by atoms with E-state index in [2.05, 4.69) is 50.5 Å². The van der Waals surface area contributed by atoms with Gasteiger partial charge < -0.3 is 10.2 Å². The lowest BCUT2D eigenvalue weighted by Crippen LogP contribution is -2.55. The van der Waals surface area contributed by atoms with Gasteiger partial charge in [0.15, 0.2) is 0 Å². The van der Waals surface area contributed by atoms with E-state index in [1.54, 1.807) is 0 Å². The van der Waals surface area contributed by atoms with Crippen LogP contribution in [0.1, 0.15) is 20.7 Å². The molecule has 0 aliphatic heterocycles. The van der Waals surface area contributed by atoms with E-state index in [4.69, 9.17) is 0 Å². The molecule has 6 heteroatoms. The van der Waals surface area contributed by atoms with Crippen molar-refractivity contribution in [3.8, 4) is 11.1 Å². The van der Waals surface area contributed by atoms with Crippen LogP contribution in [0.2, 0.25) is 26.2 Å². The summed E-state index contributed by atoms with van der Waals surface area (Å²) in [5, 5.41) is 29.2. The maximum atomic E-state index is 13.5. The molecule has 4 nitrogen and oxygen atoms in total. The average molecular weight is 611 g/mol. The van der Waals surface area contributed by atoms with E-state index in [-0.39, 0.29) is 11.1 Å². The van der Waals surface area contributed by atoms with Gasteiger partial charge in [0, 0.05) is 11.1 Å². The summed E-state index contributed by atoms with van der Waals surface area (Å²) >= 11 is 0. The highest BCUT2D eigenvalue weighted by atomic mass is 28.3. The van der Waals surface area contributed by atoms with E-state index in [0.29, 0.717) is 11.1 Å². The fraction of sp³-hybridized carbons (Fsp3) is 0.105. The molecule has 2 N–H and O–H groups in total. The number of carbonyl (C=O) groups is 2. The zero-order chi connectivity index (χ0) is 31.2. The van der Waals surface area contributed by atoms with Crippen molar-refractivity contribution in [1.82, 2.24) is 0 Å². The van der Waals surface area contributed by atoms with Gasteiger partial charge in [0.2, 0.25) is 0 Å². The first-order chi connectivity index (χ1) is 21.0. The van der Waals surface area contributed by atoms with Gasteiger partial charge in [0.25, 0.3) is 0 Å². The normalized spacial score (nSPS) is 12.0. The highest BCUT2D eigenvalue weighted by Crippen LogP contribution is 2.39. The number of fused-ring (bicyclic) bond motifs is 2. The van der Waals surface area contributed by atoms with E-state index >= 15 is 0 Å². The zero-order valence-corrected chi connectivity index (χ0v) is 27.3. The van der Waals surface area contributed by atoms with Crippen LogP contribution in [0.4, 0.5) is 0 Å². The van der Waals surface area contributed by atoms with E-state index in [1.165, 1.54) is 0 Å². The molecule has 0 amide bonds. The van der Waals surface area contributed by atoms with Crippen molar-refractivity contribution in [2.45, 2.75) is 26.2 Å². The topological polar surface area (TPSA) is 74.6 Å². The van der Waals surface area contributed by atoms with Gasteiger partial charge in [0.1, 0.15) is 16.1 Å². The molecule has 0 aliphatic rings. The van der Waals surface area contributed by atoms with Gasteiger partial charge in [-0.25, -0.2) is 9.59 Å². The Kier molecular flexibility index (Phi) is 7.35. The first-order valence-electron chi connectivity index (χ1n) is 14.7. The van der Waals surface area contributed by atoms with Gasteiger partial charge in [-0.1, -0.05) is 158 Å². The Morgan fingerprint density at radius 1 is 0.477 bits per heavy atom. The third kappa shape index (κ3) is 4.76. The molecule has 0 heterocycles. The summed E-state index contributed by atoms with van der Waals surface area (Å²) < 4.78 is 0. The van der Waals surface area contributed by atoms with E-state index < -0.39 is 28.1 Å². The zero-order valence-electron chi connectivity index (χ0n) is 25.3. The SMILES string of the molecule is C[Si](C)(c1ccccc1)c1cc2ccccc2c(-c2c(C(=O)O)c([Si](C)(C)c3ccccc3)cc3ccccc23)c1C(=O)O. The molecule has 6 rings (SSSR count). The molecule has 218 valence electrons. The number of benzene rings is 6. The van der Waals surface area contributed by atoms with Crippen LogP contribution in [0, 0.1) is 0 Å². The number of carboxylic acid groups (broad SMARTS) is 2. The first-order valence-corrected chi connectivity index (χ1v) is 20.7. The average Bonchev–Trinajstić information content (AvgIpc) is 3.03. The maximum Gasteiger partial charge on any atom is 0.336 e. The summed E-state index contributed by atoms with van der Waals surface area (Å²) in [4.78, 5) is 27.1. The molecule has 0 unspecified atom stereocenters. The second-order valence-corrected chi connectivity index (χ2v) is 21.1. The van der Waals surface area contributed by atoms with Crippen LogP contribution in [0.5, 0.6) is 0 Å². The number of hydrogen-bond acceptors (Lipinski definition) is 2. The lowest BCUT2D eigenvalue weighted by molar-refractivity contribution is 0.0686. The molecular formula is C38H34O4Si2. The van der Waals surface area contributed by atoms with Gasteiger partial charge in [-0.3, -0.25) is 0 Å². The Bertz CT molecular complexity index is 1920. The largest absolute Gasteiger partial charge is 0.478 e. The van der Waals surface area contributed by atoms with Crippen LogP contribution in [-0.4, -0.2) is 38.3 Å². The molecule has 6 aromatic carbocycles. The summed E-state index contributed by atoms with van der Waals surface area (Å²) in [5.41, 5.74) is 1.34. The molecule has 0 aliphatic carbocycles. The van der Waals surface area contributed by atoms with Gasteiger partial charge >= 0.3 is 11.9 Å². The molecule has 0 fully saturated rings. The Balaban J connectivity index is 1.85. The lowest BCUT2D eigenvalue weighted by atomic mass is 9.87. The van der Waals surface area contributed by atoms with Crippen molar-refractivity contribution in [1.29, 1.82) is 0 Å². The smallest absolute Gasteiger partial charge is 0.336 e. The summed E-state index contributed by atoms with van der Waals surface area (Å²) in [7, 11) is -5.16. The standard InChI is InChI=1S/C38H34O4Si2/c1-43(2,27-17-7-5-8-18-27)31-23-25-15-11-13-21-29(25)33(35(31)37(39)40)34-30-22-14-12-16-26(30)24-32(36(34)38(41)42)44(3,4)28-19-9-6-10-20-28/h5-24H,1-4H3,(H,39,40)(H,41,42). The summed E-state index contributed by atoms with van der Waals surface area (Å²) in [6.45, 7) is 8.67. The summed E-state index contributed by atoms with van der Waals surface area (Å²) in [5.74, 6) is -2.11. The monoisotopic (exact) mass is 610 g/mol. The van der Waals surface area contributed by atoms with Crippen LogP contribution in [0.25, 0.3) is 32.7 Å². The van der Waals surface area contributed by atoms with Crippen molar-refractivity contribution >= 4 is 70.4 Å². The third-order valence-corrected chi connectivity index (χ3v) is 16.1. The highest BCUT2D eigenvalue weighted by molar-refractivity contribution is 7.02. The molecular weight excluding hydrogens is 577 g/mol. The van der Waals surface area contributed by atoms with Crippen molar-refractivity contribution in [3.63, 3.8) is 0 Å². The fourth-order valence-electron chi connectivity index (χ4n) is 6.67. The van der Waals surface area contributed by atoms with Crippen molar-refractivity contribution in [2.75, 3.05) is 0 Å². The molecule has 0 radical (unpaired) electrons. The second-order valence-electron chi connectivity index (χ2n) is 12.4. The summed E-state index contributed by atoms with van der Waals surface area (Å²) in [6.07, 6.45) is 0. The maximum absolute atomic E-state index is 13.5. The summed E-state index contributed by atoms with van der Waals surface area (Å²) in [6, 6.07) is 39.7. The second kappa shape index (κ2) is 11.0. The van der Waals surface area contributed by atoms with E-state index in [1.807, 2.05) is 97.1 Å². The minimum absolute atomic E-state index is 0.188. The lowest BCUT2D eigenvalue weighted by Gasteiger charge is -2.30. The Hall–Kier alpha value is -4.79. The van der Waals surface area contributed by atoms with Gasteiger partial charge in [0.05, 0.1) is 11.1 Å². The van der Waals surface area contributed by atoms with Crippen LogP contribution in [0.3, 0.4) is 0 Å². The quantitative estimate of drug-likeness (QED) is 0.197. The molecule has 0 atom stereocenters. The molecule has 6 aromatic rings. The van der Waals surface area contributed by atoms with Crippen molar-refractivity contribution < 1.29 is 19.8 Å². The Morgan fingerprint density at radius 3 is 1.14 bits per heavy atom. The van der Waals surface area contributed by atoms with E-state index in [0.717, 1.165) is 42.3 Å². The minimum atomic E-state index is -2.58. The number of aromatic carboxylic acids is 2. The first kappa shape index (κ1) is 29.3. The number of carboxylic acids is 2.